The molecule has 4 N–H and O–H groups in total. The molecule has 116 valence electrons. The highest BCUT2D eigenvalue weighted by atomic mass is 16.4. The zero-order valence-electron chi connectivity index (χ0n) is 11.5. The Hall–Kier alpha value is -2.51. The summed E-state index contributed by atoms with van der Waals surface area (Å²) in [7, 11) is 0. The van der Waals surface area contributed by atoms with Crippen LogP contribution in [0, 0.1) is 0 Å². The molecule has 0 radical (unpaired) electrons. The third-order valence-electron chi connectivity index (χ3n) is 2.76. The monoisotopic (exact) mass is 298 g/mol. The molecule has 1 aromatic rings. The molecule has 0 spiro atoms. The van der Waals surface area contributed by atoms with Crippen LogP contribution in [0.25, 0.3) is 0 Å². The van der Waals surface area contributed by atoms with Crippen molar-refractivity contribution in [3.8, 4) is 0 Å². The fourth-order valence-corrected chi connectivity index (χ4v) is 1.68. The number of aryl methyl sites for hydroxylation is 1. The van der Waals surface area contributed by atoms with Gasteiger partial charge in [-0.1, -0.05) is 0 Å². The number of amides is 2. The highest BCUT2D eigenvalue weighted by Crippen LogP contribution is 2.05. The lowest BCUT2D eigenvalue weighted by Gasteiger charge is -2.17. The third kappa shape index (κ3) is 6.46. The summed E-state index contributed by atoms with van der Waals surface area (Å²) in [5, 5.41) is 22.1. The van der Waals surface area contributed by atoms with Crippen molar-refractivity contribution in [2.75, 3.05) is 0 Å². The summed E-state index contributed by atoms with van der Waals surface area (Å²) >= 11 is 0. The first-order chi connectivity index (χ1) is 9.88. The molecular weight excluding hydrogens is 280 g/mol. The number of hydrogen-bond acceptors (Lipinski definition) is 4. The van der Waals surface area contributed by atoms with Crippen LogP contribution in [0.4, 0.5) is 4.79 Å². The average molecular weight is 298 g/mol. The Morgan fingerprint density at radius 1 is 1.29 bits per heavy atom. The van der Waals surface area contributed by atoms with Crippen LogP contribution in [0.3, 0.4) is 0 Å². The fourth-order valence-electron chi connectivity index (χ4n) is 1.68. The van der Waals surface area contributed by atoms with Crippen molar-refractivity contribution >= 4 is 18.0 Å². The first kappa shape index (κ1) is 16.5. The van der Waals surface area contributed by atoms with E-state index in [0.717, 1.165) is 5.76 Å². The normalized spacial score (nSPS) is 13.2. The van der Waals surface area contributed by atoms with Crippen LogP contribution >= 0.6 is 0 Å². The van der Waals surface area contributed by atoms with Crippen LogP contribution in [-0.4, -0.2) is 40.3 Å². The number of rotatable bonds is 8. The van der Waals surface area contributed by atoms with Crippen LogP contribution in [0.5, 0.6) is 0 Å². The Balaban J connectivity index is 2.36. The van der Waals surface area contributed by atoms with E-state index in [1.165, 1.54) is 0 Å². The Bertz CT molecular complexity index is 485. The summed E-state index contributed by atoms with van der Waals surface area (Å²) in [6.45, 7) is 1.76. The number of urea groups is 1. The minimum atomic E-state index is -1.46. The highest BCUT2D eigenvalue weighted by molar-refractivity contribution is 5.86. The predicted octanol–water partition coefficient (Wildman–Crippen LogP) is 0.828. The van der Waals surface area contributed by atoms with Gasteiger partial charge in [-0.2, -0.15) is 0 Å². The van der Waals surface area contributed by atoms with E-state index in [9.17, 15) is 14.4 Å². The number of hydrogen-bond donors (Lipinski definition) is 4. The van der Waals surface area contributed by atoms with Crippen molar-refractivity contribution in [3.05, 3.63) is 24.2 Å². The summed E-state index contributed by atoms with van der Waals surface area (Å²) in [5.41, 5.74) is 0. The van der Waals surface area contributed by atoms with Gasteiger partial charge < -0.3 is 25.3 Å². The van der Waals surface area contributed by atoms with Crippen LogP contribution in [-0.2, 0) is 16.0 Å². The quantitative estimate of drug-likeness (QED) is 0.562. The zero-order chi connectivity index (χ0) is 15.8. The maximum Gasteiger partial charge on any atom is 0.326 e. The SMILES string of the molecule is CC(CCc1ccco1)NC(=O)N[C@H](CC(=O)O)C(=O)O. The third-order valence-corrected chi connectivity index (χ3v) is 2.76. The number of carboxylic acids is 2. The molecule has 21 heavy (non-hydrogen) atoms. The number of carbonyl (C=O) groups is 3. The number of carbonyl (C=O) groups excluding carboxylic acids is 1. The molecule has 1 rings (SSSR count). The van der Waals surface area contributed by atoms with Gasteiger partial charge in [-0.25, -0.2) is 9.59 Å². The fraction of sp³-hybridized carbons (Fsp3) is 0.462. The van der Waals surface area contributed by atoms with Gasteiger partial charge in [-0.05, 0) is 25.5 Å². The second-order valence-electron chi connectivity index (χ2n) is 4.63. The summed E-state index contributed by atoms with van der Waals surface area (Å²) in [4.78, 5) is 32.9. The number of carboxylic acid groups (broad SMARTS) is 2. The first-order valence-electron chi connectivity index (χ1n) is 6.42. The van der Waals surface area contributed by atoms with E-state index in [4.69, 9.17) is 14.6 Å². The largest absolute Gasteiger partial charge is 0.481 e. The van der Waals surface area contributed by atoms with E-state index >= 15 is 0 Å². The van der Waals surface area contributed by atoms with Gasteiger partial charge in [0.2, 0.25) is 0 Å². The molecule has 1 aromatic heterocycles. The Morgan fingerprint density at radius 3 is 2.52 bits per heavy atom. The Labute approximate surface area is 121 Å². The Kier molecular flexibility index (Phi) is 6.25. The van der Waals surface area contributed by atoms with Crippen LogP contribution in [0.15, 0.2) is 22.8 Å². The smallest absolute Gasteiger partial charge is 0.326 e. The maximum absolute atomic E-state index is 11.6. The van der Waals surface area contributed by atoms with Crippen LogP contribution < -0.4 is 10.6 Å². The zero-order valence-corrected chi connectivity index (χ0v) is 11.5. The van der Waals surface area contributed by atoms with E-state index in [-0.39, 0.29) is 6.04 Å². The van der Waals surface area contributed by atoms with Crippen molar-refractivity contribution < 1.29 is 29.0 Å². The summed E-state index contributed by atoms with van der Waals surface area (Å²) in [6.07, 6.45) is 2.12. The molecule has 8 heteroatoms. The van der Waals surface area contributed by atoms with E-state index in [1.54, 1.807) is 19.3 Å². The van der Waals surface area contributed by atoms with Crippen LogP contribution in [0.1, 0.15) is 25.5 Å². The standard InChI is InChI=1S/C13H18N2O6/c1-8(4-5-9-3-2-6-21-9)14-13(20)15-10(12(18)19)7-11(16)17/h2-3,6,8,10H,4-5,7H2,1H3,(H,16,17)(H,18,19)(H2,14,15,20)/t8?,10-/m1/s1. The van der Waals surface area contributed by atoms with Gasteiger partial charge in [0.1, 0.15) is 11.8 Å². The molecule has 0 bridgehead atoms. The van der Waals surface area contributed by atoms with Gasteiger partial charge in [-0.3, -0.25) is 4.79 Å². The molecule has 2 atom stereocenters. The van der Waals surface area contributed by atoms with Gasteiger partial charge >= 0.3 is 18.0 Å². The van der Waals surface area contributed by atoms with Crippen molar-refractivity contribution in [1.29, 1.82) is 0 Å². The van der Waals surface area contributed by atoms with Gasteiger partial charge in [0, 0.05) is 12.5 Å². The summed E-state index contributed by atoms with van der Waals surface area (Å²) < 4.78 is 5.16. The van der Waals surface area contributed by atoms with E-state index in [2.05, 4.69) is 10.6 Å². The van der Waals surface area contributed by atoms with Gasteiger partial charge in [0.25, 0.3) is 0 Å². The van der Waals surface area contributed by atoms with Crippen LogP contribution in [0.2, 0.25) is 0 Å². The predicted molar refractivity (Wildman–Crippen MR) is 71.8 cm³/mol. The Morgan fingerprint density at radius 2 is 2.00 bits per heavy atom. The molecule has 0 aliphatic rings. The summed E-state index contributed by atoms with van der Waals surface area (Å²) in [6, 6.07) is 1.20. The number of furan rings is 1. The summed E-state index contributed by atoms with van der Waals surface area (Å²) in [5.74, 6) is -1.90. The minimum Gasteiger partial charge on any atom is -0.481 e. The molecule has 0 aliphatic heterocycles. The molecule has 0 saturated carbocycles. The van der Waals surface area contributed by atoms with Crippen molar-refractivity contribution in [3.63, 3.8) is 0 Å². The molecular formula is C13H18N2O6. The van der Waals surface area contributed by atoms with E-state index in [0.29, 0.717) is 12.8 Å². The van der Waals surface area contributed by atoms with Crippen molar-refractivity contribution in [2.24, 2.45) is 0 Å². The van der Waals surface area contributed by atoms with Crippen molar-refractivity contribution in [1.82, 2.24) is 10.6 Å². The van der Waals surface area contributed by atoms with E-state index in [1.807, 2.05) is 6.07 Å². The van der Waals surface area contributed by atoms with E-state index < -0.39 is 30.4 Å². The van der Waals surface area contributed by atoms with Gasteiger partial charge in [-0.15, -0.1) is 0 Å². The number of aliphatic carboxylic acids is 2. The molecule has 0 saturated heterocycles. The maximum atomic E-state index is 11.6. The van der Waals surface area contributed by atoms with Gasteiger partial charge in [0.15, 0.2) is 0 Å². The second kappa shape index (κ2) is 7.93. The average Bonchev–Trinajstić information content (AvgIpc) is 2.87. The topological polar surface area (TPSA) is 129 Å². The lowest BCUT2D eigenvalue weighted by molar-refractivity contribution is -0.145. The molecule has 1 heterocycles. The lowest BCUT2D eigenvalue weighted by Crippen LogP contribution is -2.49. The molecule has 8 nitrogen and oxygen atoms in total. The number of nitrogens with one attached hydrogen (secondary N) is 2. The second-order valence-corrected chi connectivity index (χ2v) is 4.63. The molecule has 2 amide bonds. The first-order valence-corrected chi connectivity index (χ1v) is 6.42. The molecule has 0 aromatic carbocycles. The molecule has 0 fully saturated rings. The highest BCUT2D eigenvalue weighted by Gasteiger charge is 2.23. The molecule has 1 unspecified atom stereocenters. The minimum absolute atomic E-state index is 0.214. The van der Waals surface area contributed by atoms with Crippen molar-refractivity contribution in [2.45, 2.75) is 38.3 Å². The lowest BCUT2D eigenvalue weighted by atomic mass is 10.1. The van der Waals surface area contributed by atoms with Gasteiger partial charge in [0.05, 0.1) is 12.7 Å². The molecule has 0 aliphatic carbocycles.